The van der Waals surface area contributed by atoms with Gasteiger partial charge in [-0.2, -0.15) is 0 Å². The molecule has 1 unspecified atom stereocenters. The molecule has 4 fully saturated rings. The number of carbonyl (C=O) groups excluding carboxylic acids is 3. The maximum Gasteiger partial charge on any atom is 0.249 e. The Morgan fingerprint density at radius 3 is 2.36 bits per heavy atom. The van der Waals surface area contributed by atoms with Gasteiger partial charge in [0.2, 0.25) is 11.8 Å². The Labute approximate surface area is 319 Å². The van der Waals surface area contributed by atoms with Crippen LogP contribution in [-0.2, 0) is 23.5 Å². The van der Waals surface area contributed by atoms with Crippen LogP contribution < -0.4 is 20.4 Å². The van der Waals surface area contributed by atoms with Gasteiger partial charge in [0.25, 0.3) is 0 Å². The van der Waals surface area contributed by atoms with Crippen LogP contribution in [0.4, 0.5) is 0 Å². The highest BCUT2D eigenvalue weighted by Crippen LogP contribution is 2.68. The van der Waals surface area contributed by atoms with Crippen molar-refractivity contribution in [1.82, 2.24) is 10.6 Å². The highest BCUT2D eigenvalue weighted by molar-refractivity contribution is 8.13. The van der Waals surface area contributed by atoms with E-state index in [2.05, 4.69) is 35.9 Å². The van der Waals surface area contributed by atoms with Crippen molar-refractivity contribution < 1.29 is 53.7 Å². The first-order valence-electron chi connectivity index (χ1n) is 19.7. The van der Waals surface area contributed by atoms with Gasteiger partial charge in [-0.05, 0) is 97.7 Å². The predicted molar refractivity (Wildman–Crippen MR) is 198 cm³/mol. The molecule has 0 radical (unpaired) electrons. The normalized spacial score (nSPS) is 36.0. The number of thioether (sulfide) groups is 1. The van der Waals surface area contributed by atoms with Crippen LogP contribution in [-0.4, -0.2) is 87.2 Å². The van der Waals surface area contributed by atoms with Crippen molar-refractivity contribution in [2.75, 3.05) is 25.4 Å². The molecule has 0 spiro atoms. The van der Waals surface area contributed by atoms with Crippen molar-refractivity contribution in [3.63, 3.8) is 0 Å². The van der Waals surface area contributed by atoms with Crippen LogP contribution in [0.5, 0.6) is 0 Å². The predicted octanol–water partition coefficient (Wildman–Crippen LogP) is 2.51. The Balaban J connectivity index is 1.14. The Morgan fingerprint density at radius 2 is 1.68 bits per heavy atom. The highest BCUT2D eigenvalue weighted by Gasteiger charge is 2.65. The molecular weight excluding hydrogens is 723 g/mol. The van der Waals surface area contributed by atoms with Crippen LogP contribution in [0.3, 0.4) is 0 Å². The fourth-order valence-corrected chi connectivity index (χ4v) is 12.1. The summed E-state index contributed by atoms with van der Waals surface area (Å²) in [4.78, 5) is 58.7. The van der Waals surface area contributed by atoms with E-state index in [1.54, 1.807) is 0 Å². The average molecular weight is 789 g/mol. The van der Waals surface area contributed by atoms with Gasteiger partial charge in [-0.25, -0.2) is 0 Å². The van der Waals surface area contributed by atoms with E-state index in [0.717, 1.165) is 64.2 Å². The lowest BCUT2D eigenvalue weighted by Gasteiger charge is -2.63. The van der Waals surface area contributed by atoms with Gasteiger partial charge in [-0.1, -0.05) is 66.1 Å². The Morgan fingerprint density at radius 1 is 0.981 bits per heavy atom. The average Bonchev–Trinajstić information content (AvgIpc) is 3.44. The van der Waals surface area contributed by atoms with Crippen molar-refractivity contribution in [1.29, 1.82) is 0 Å². The van der Waals surface area contributed by atoms with Gasteiger partial charge in [0, 0.05) is 36.6 Å². The molecule has 53 heavy (non-hydrogen) atoms. The first-order valence-corrected chi connectivity index (χ1v) is 22.2. The zero-order valence-corrected chi connectivity index (χ0v) is 34.2. The highest BCUT2D eigenvalue weighted by atomic mass is 32.2. The maximum absolute atomic E-state index is 12.9. The molecule has 0 aromatic carbocycles. The van der Waals surface area contributed by atoms with Gasteiger partial charge in [-0.15, -0.1) is 0 Å². The molecule has 0 bridgehead atoms. The van der Waals surface area contributed by atoms with Crippen molar-refractivity contribution in [3.05, 3.63) is 0 Å². The minimum absolute atomic E-state index is 0.0552. The molecule has 15 heteroatoms. The third kappa shape index (κ3) is 10.5. The first kappa shape index (κ1) is 44.6. The summed E-state index contributed by atoms with van der Waals surface area (Å²) in [7, 11) is -5.26. The molecule has 4 aliphatic carbocycles. The fraction of sp³-hybridized carbons (Fsp3) is 0.921. The van der Waals surface area contributed by atoms with E-state index in [4.69, 9.17) is 0 Å². The summed E-state index contributed by atoms with van der Waals surface area (Å²) in [6.07, 6.45) is 5.88. The number of fused-ring (bicyclic) bond motifs is 5. The summed E-state index contributed by atoms with van der Waals surface area (Å²) in [5.74, 6) is 0.886. The number of rotatable bonds is 17. The van der Waals surface area contributed by atoms with Gasteiger partial charge >= 0.3 is 0 Å². The van der Waals surface area contributed by atoms with E-state index >= 15 is 0 Å². The number of phosphoric ester groups is 1. The second kappa shape index (κ2) is 18.0. The van der Waals surface area contributed by atoms with Crippen LogP contribution in [0.15, 0.2) is 0 Å². The van der Waals surface area contributed by atoms with Crippen LogP contribution in [0.1, 0.15) is 112 Å². The smallest absolute Gasteiger partial charge is 0.249 e. The molecule has 13 atom stereocenters. The number of hydrogen-bond donors (Lipinski definition) is 6. The molecule has 4 aliphatic rings. The zero-order valence-electron chi connectivity index (χ0n) is 32.5. The number of phosphoric acid groups is 1. The third-order valence-electron chi connectivity index (χ3n) is 14.1. The number of carbonyl (C=O) groups is 3. The van der Waals surface area contributed by atoms with Crippen LogP contribution in [0, 0.1) is 57.7 Å². The van der Waals surface area contributed by atoms with Crippen LogP contribution >= 0.6 is 19.6 Å². The van der Waals surface area contributed by atoms with Gasteiger partial charge in [0.15, 0.2) is 5.12 Å². The lowest BCUT2D eigenvalue weighted by Crippen LogP contribution is -2.62. The summed E-state index contributed by atoms with van der Waals surface area (Å²) in [5.41, 5.74) is -1.55. The standard InChI is InChI=1S/C38H67N2O11PS/c1-22(26-10-11-27-32-28(20-30(43)38(26,27)6)37(5)14-12-25(41)18-24(37)19-29(32)42)8-7-9-23(2)35(47)53-17-16-39-31(44)13-15-40-34(46)33(45)36(3,4)21-51-52(48,49)50/h22-30,32-33,41-43,45H,7-21H2,1-6H3,(H,39,44)(H,40,46)(H2,48,49,50)/p-2/t22-,23?,24+,25-,26-,27+,28+,29-,30+,32+,33+,37+,38-/m1/s1. The van der Waals surface area contributed by atoms with Gasteiger partial charge < -0.3 is 49.9 Å². The number of nitrogens with one attached hydrogen (secondary N) is 2. The Hall–Kier alpha value is -1.09. The Bertz CT molecular complexity index is 1330. The quantitative estimate of drug-likeness (QED) is 0.0923. The topological polar surface area (TPSA) is 229 Å². The molecule has 6 N–H and O–H groups in total. The van der Waals surface area contributed by atoms with Gasteiger partial charge in [-0.3, -0.25) is 14.4 Å². The number of amides is 2. The second-order valence-corrected chi connectivity index (χ2v) is 20.3. The molecule has 0 saturated heterocycles. The van der Waals surface area contributed by atoms with E-state index in [-0.39, 0.29) is 77.2 Å². The minimum atomic E-state index is -5.26. The van der Waals surface area contributed by atoms with Crippen molar-refractivity contribution >= 4 is 36.5 Å². The van der Waals surface area contributed by atoms with E-state index < -0.39 is 38.0 Å². The summed E-state index contributed by atoms with van der Waals surface area (Å²) >= 11 is 1.18. The van der Waals surface area contributed by atoms with Crippen molar-refractivity contribution in [2.24, 2.45) is 57.7 Å². The first-order chi connectivity index (χ1) is 24.6. The number of aliphatic hydroxyl groups excluding tert-OH is 4. The summed E-state index contributed by atoms with van der Waals surface area (Å²) < 4.78 is 14.9. The van der Waals surface area contributed by atoms with Gasteiger partial charge in [0.05, 0.1) is 32.7 Å². The summed E-state index contributed by atoms with van der Waals surface area (Å²) in [5, 5.41) is 49.2. The molecule has 2 amide bonds. The molecular formula is C38H65N2O11PS-2. The van der Waals surface area contributed by atoms with Crippen LogP contribution in [0.2, 0.25) is 0 Å². The largest absolute Gasteiger partial charge is 0.790 e. The minimum Gasteiger partial charge on any atom is -0.790 e. The zero-order chi connectivity index (χ0) is 39.5. The van der Waals surface area contributed by atoms with E-state index in [0.29, 0.717) is 23.5 Å². The lowest BCUT2D eigenvalue weighted by molar-refractivity contribution is -0.343. The molecule has 0 aliphatic heterocycles. The molecule has 13 nitrogen and oxygen atoms in total. The third-order valence-corrected chi connectivity index (χ3v) is 15.7. The van der Waals surface area contributed by atoms with E-state index in [9.17, 15) is 49.2 Å². The number of hydrogen-bond acceptors (Lipinski definition) is 12. The second-order valence-electron chi connectivity index (χ2n) is 18.0. The fourth-order valence-electron chi connectivity index (χ4n) is 10.8. The summed E-state index contributed by atoms with van der Waals surface area (Å²) in [6, 6.07) is 0. The summed E-state index contributed by atoms with van der Waals surface area (Å²) in [6.45, 7) is 11.1. The van der Waals surface area contributed by atoms with Crippen LogP contribution in [0.25, 0.3) is 0 Å². The van der Waals surface area contributed by atoms with E-state index in [1.807, 2.05) is 6.92 Å². The molecule has 0 heterocycles. The SMILES string of the molecule is CC(CCC[C@@H](C)[C@H]1CC[C@H]2[C@@H]3[C@H](O)C[C@@H]4C[C@H](O)CC[C@]4(C)[C@H]3C[C@H](O)[C@]12C)C(=O)SCCNC(=O)CCNC(=O)[C@H](O)C(C)(C)COP(=O)([O-])[O-]. The lowest BCUT2D eigenvalue weighted by atomic mass is 9.43. The van der Waals surface area contributed by atoms with Gasteiger partial charge in [0.1, 0.15) is 6.10 Å². The molecule has 4 rings (SSSR count). The molecule has 4 saturated carbocycles. The molecule has 0 aromatic heterocycles. The number of aliphatic hydroxyl groups is 4. The molecule has 306 valence electrons. The van der Waals surface area contributed by atoms with Crippen molar-refractivity contribution in [2.45, 2.75) is 137 Å². The molecule has 0 aromatic rings. The maximum atomic E-state index is 12.9. The Kier molecular flexibility index (Phi) is 15.2. The van der Waals surface area contributed by atoms with E-state index in [1.165, 1.54) is 25.6 Å². The van der Waals surface area contributed by atoms with Crippen molar-refractivity contribution in [3.8, 4) is 0 Å². The monoisotopic (exact) mass is 788 g/mol.